The molecule has 1 fully saturated rings. The van der Waals surface area contributed by atoms with Crippen LogP contribution in [-0.4, -0.2) is 50.8 Å². The maximum Gasteiger partial charge on any atom is 0.317 e. The molecule has 7 nitrogen and oxygen atoms in total. The van der Waals surface area contributed by atoms with E-state index >= 15 is 0 Å². The normalized spacial score (nSPS) is 20.3. The average molecular weight is 343 g/mol. The molecule has 0 spiro atoms. The molecule has 0 radical (unpaired) electrons. The van der Waals surface area contributed by atoms with Gasteiger partial charge in [-0.1, -0.05) is 0 Å². The van der Waals surface area contributed by atoms with Gasteiger partial charge in [0.1, 0.15) is 5.76 Å². The fourth-order valence-electron chi connectivity index (χ4n) is 2.80. The van der Waals surface area contributed by atoms with Gasteiger partial charge in [-0.3, -0.25) is 0 Å². The number of carbonyl (C=O) groups excluding carboxylic acids is 1. The maximum absolute atomic E-state index is 12.5. The van der Waals surface area contributed by atoms with E-state index in [0.29, 0.717) is 13.0 Å². The first-order chi connectivity index (χ1) is 10.8. The molecule has 1 aromatic heterocycles. The lowest BCUT2D eigenvalue weighted by Gasteiger charge is -2.36. The van der Waals surface area contributed by atoms with Gasteiger partial charge in [-0.15, -0.1) is 0 Å². The molecule has 1 aliphatic heterocycles. The minimum absolute atomic E-state index is 0.0564. The van der Waals surface area contributed by atoms with Crippen LogP contribution >= 0.6 is 0 Å². The molecule has 2 N–H and O–H groups in total. The number of carbonyl (C=O) groups is 1. The van der Waals surface area contributed by atoms with Crippen LogP contribution in [0, 0.1) is 0 Å². The molecule has 1 aromatic rings. The third-order valence-electron chi connectivity index (χ3n) is 3.93. The van der Waals surface area contributed by atoms with Crippen LogP contribution in [0.2, 0.25) is 0 Å². The molecule has 0 aromatic carbocycles. The Balaban J connectivity index is 1.89. The van der Waals surface area contributed by atoms with Crippen LogP contribution in [0.4, 0.5) is 4.79 Å². The van der Waals surface area contributed by atoms with Crippen molar-refractivity contribution in [2.45, 2.75) is 44.7 Å². The molecule has 0 bridgehead atoms. The molecule has 8 heteroatoms. The van der Waals surface area contributed by atoms with E-state index in [9.17, 15) is 13.2 Å². The summed E-state index contributed by atoms with van der Waals surface area (Å²) in [4.78, 5) is 14.2. The molecule has 2 heterocycles. The Bertz CT molecular complexity index is 600. The van der Waals surface area contributed by atoms with E-state index in [-0.39, 0.29) is 24.7 Å². The molecule has 0 unspecified atom stereocenters. The van der Waals surface area contributed by atoms with Gasteiger partial charge in [-0.2, -0.15) is 0 Å². The standard InChI is InChI=1S/C15H25N3O4S/c1-12(10-14-7-5-9-22-14)17-15(19)18-8-4-3-6-13(18)11-16-23(2,20)21/h5,7,9,12-13,16H,3-4,6,8,10-11H2,1-2H3,(H,17,19)/t12-,13+/m0/s1. The third-order valence-corrected chi connectivity index (χ3v) is 4.62. The summed E-state index contributed by atoms with van der Waals surface area (Å²) in [5, 5.41) is 2.96. The van der Waals surface area contributed by atoms with Crippen molar-refractivity contribution in [3.63, 3.8) is 0 Å². The Hall–Kier alpha value is -1.54. The second-order valence-corrected chi connectivity index (χ2v) is 7.93. The lowest BCUT2D eigenvalue weighted by atomic mass is 10.0. The SMILES string of the molecule is C[C@@H](Cc1ccco1)NC(=O)N1CCCC[C@@H]1CNS(C)(=O)=O. The summed E-state index contributed by atoms with van der Waals surface area (Å²) < 4.78 is 30.3. The highest BCUT2D eigenvalue weighted by atomic mass is 32.2. The Morgan fingerprint density at radius 1 is 1.48 bits per heavy atom. The van der Waals surface area contributed by atoms with E-state index < -0.39 is 10.0 Å². The molecule has 1 saturated heterocycles. The summed E-state index contributed by atoms with van der Waals surface area (Å²) in [5.41, 5.74) is 0. The van der Waals surface area contributed by atoms with Crippen molar-refractivity contribution in [3.8, 4) is 0 Å². The van der Waals surface area contributed by atoms with Crippen molar-refractivity contribution in [3.05, 3.63) is 24.2 Å². The average Bonchev–Trinajstić information content (AvgIpc) is 2.97. The fourth-order valence-corrected chi connectivity index (χ4v) is 3.30. The Kier molecular flexibility index (Phi) is 6.06. The smallest absolute Gasteiger partial charge is 0.317 e. The summed E-state index contributed by atoms with van der Waals surface area (Å²) in [5.74, 6) is 0.826. The van der Waals surface area contributed by atoms with Crippen molar-refractivity contribution >= 4 is 16.1 Å². The van der Waals surface area contributed by atoms with Gasteiger partial charge >= 0.3 is 6.03 Å². The van der Waals surface area contributed by atoms with E-state index in [0.717, 1.165) is 31.3 Å². The van der Waals surface area contributed by atoms with Gasteiger partial charge in [0.15, 0.2) is 0 Å². The molecule has 23 heavy (non-hydrogen) atoms. The minimum atomic E-state index is -3.25. The quantitative estimate of drug-likeness (QED) is 0.815. The van der Waals surface area contributed by atoms with Crippen LogP contribution in [0.5, 0.6) is 0 Å². The zero-order valence-corrected chi connectivity index (χ0v) is 14.4. The molecular formula is C15H25N3O4S. The summed E-state index contributed by atoms with van der Waals surface area (Å²) >= 11 is 0. The number of hydrogen-bond acceptors (Lipinski definition) is 4. The molecular weight excluding hydrogens is 318 g/mol. The van der Waals surface area contributed by atoms with Crippen molar-refractivity contribution in [1.82, 2.24) is 14.9 Å². The zero-order valence-electron chi connectivity index (χ0n) is 13.6. The molecule has 2 rings (SSSR count). The highest BCUT2D eigenvalue weighted by Crippen LogP contribution is 2.17. The second kappa shape index (κ2) is 7.83. The summed E-state index contributed by atoms with van der Waals surface area (Å²) in [6.07, 6.45) is 6.12. The molecule has 0 aliphatic carbocycles. The van der Waals surface area contributed by atoms with Gasteiger partial charge in [0.05, 0.1) is 12.5 Å². The van der Waals surface area contributed by atoms with Gasteiger partial charge in [0.2, 0.25) is 10.0 Å². The van der Waals surface area contributed by atoms with Crippen LogP contribution < -0.4 is 10.0 Å². The number of likely N-dealkylation sites (tertiary alicyclic amines) is 1. The Morgan fingerprint density at radius 3 is 2.91 bits per heavy atom. The van der Waals surface area contributed by atoms with Gasteiger partial charge in [0, 0.05) is 31.6 Å². The van der Waals surface area contributed by atoms with Gasteiger partial charge < -0.3 is 14.6 Å². The second-order valence-electron chi connectivity index (χ2n) is 6.10. The maximum atomic E-state index is 12.5. The van der Waals surface area contributed by atoms with Crippen molar-refractivity contribution < 1.29 is 17.6 Å². The van der Waals surface area contributed by atoms with Gasteiger partial charge in [-0.25, -0.2) is 17.9 Å². The lowest BCUT2D eigenvalue weighted by Crippen LogP contribution is -2.54. The number of rotatable bonds is 6. The predicted molar refractivity (Wildman–Crippen MR) is 87.6 cm³/mol. The third kappa shape index (κ3) is 5.87. The summed E-state index contributed by atoms with van der Waals surface area (Å²) in [6.45, 7) is 2.84. The van der Waals surface area contributed by atoms with E-state index in [1.807, 2.05) is 19.1 Å². The summed E-state index contributed by atoms with van der Waals surface area (Å²) in [6, 6.07) is 3.39. The number of urea groups is 1. The van der Waals surface area contributed by atoms with E-state index in [2.05, 4.69) is 10.0 Å². The monoisotopic (exact) mass is 343 g/mol. The summed E-state index contributed by atoms with van der Waals surface area (Å²) in [7, 11) is -3.25. The van der Waals surface area contributed by atoms with Crippen molar-refractivity contribution in [2.75, 3.05) is 19.3 Å². The number of hydrogen-bond donors (Lipinski definition) is 2. The van der Waals surface area contributed by atoms with Gasteiger partial charge in [0.25, 0.3) is 0 Å². The molecule has 0 saturated carbocycles. The molecule has 130 valence electrons. The lowest BCUT2D eigenvalue weighted by molar-refractivity contribution is 0.149. The number of nitrogens with one attached hydrogen (secondary N) is 2. The minimum Gasteiger partial charge on any atom is -0.469 e. The number of piperidine rings is 1. The topological polar surface area (TPSA) is 91.7 Å². The number of sulfonamides is 1. The number of furan rings is 1. The van der Waals surface area contributed by atoms with E-state index in [1.54, 1.807) is 11.2 Å². The van der Waals surface area contributed by atoms with Crippen LogP contribution in [0.15, 0.2) is 22.8 Å². The van der Waals surface area contributed by atoms with Crippen molar-refractivity contribution in [1.29, 1.82) is 0 Å². The van der Waals surface area contributed by atoms with Crippen LogP contribution in [0.25, 0.3) is 0 Å². The van der Waals surface area contributed by atoms with Crippen LogP contribution in [0.3, 0.4) is 0 Å². The highest BCUT2D eigenvalue weighted by molar-refractivity contribution is 7.88. The first kappa shape index (κ1) is 17.8. The number of amides is 2. The van der Waals surface area contributed by atoms with Crippen molar-refractivity contribution in [2.24, 2.45) is 0 Å². The van der Waals surface area contributed by atoms with Crippen LogP contribution in [0.1, 0.15) is 31.9 Å². The van der Waals surface area contributed by atoms with Crippen LogP contribution in [-0.2, 0) is 16.4 Å². The Labute approximate surface area is 137 Å². The molecule has 2 amide bonds. The van der Waals surface area contributed by atoms with Gasteiger partial charge in [-0.05, 0) is 38.3 Å². The first-order valence-electron chi connectivity index (χ1n) is 7.89. The largest absolute Gasteiger partial charge is 0.469 e. The molecule has 1 aliphatic rings. The Morgan fingerprint density at radius 2 is 2.26 bits per heavy atom. The first-order valence-corrected chi connectivity index (χ1v) is 9.78. The fraction of sp³-hybridized carbons (Fsp3) is 0.667. The molecule has 2 atom stereocenters. The number of nitrogens with zero attached hydrogens (tertiary/aromatic N) is 1. The van der Waals surface area contributed by atoms with E-state index in [4.69, 9.17) is 4.42 Å². The van der Waals surface area contributed by atoms with E-state index in [1.165, 1.54) is 0 Å². The predicted octanol–water partition coefficient (Wildman–Crippen LogP) is 1.32. The highest BCUT2D eigenvalue weighted by Gasteiger charge is 2.28. The zero-order chi connectivity index (χ0) is 16.9.